The number of carbonyl (C=O) groups excluding carboxylic acids is 1. The molecule has 0 heterocycles. The lowest BCUT2D eigenvalue weighted by Crippen LogP contribution is -2.30. The molecule has 1 aliphatic rings. The van der Waals surface area contributed by atoms with E-state index in [2.05, 4.69) is 10.6 Å². The van der Waals surface area contributed by atoms with Gasteiger partial charge in [-0.25, -0.2) is 0 Å². The van der Waals surface area contributed by atoms with E-state index in [0.29, 0.717) is 12.8 Å². The Balaban J connectivity index is 1.97. The highest BCUT2D eigenvalue weighted by atomic mass is 16.4. The molecular weight excluding hydrogens is 268 g/mol. The zero-order valence-corrected chi connectivity index (χ0v) is 12.3. The minimum atomic E-state index is -0.703. The minimum absolute atomic E-state index is 0.0178. The Morgan fingerprint density at radius 3 is 2.76 bits per heavy atom. The normalized spacial score (nSPS) is 21.6. The van der Waals surface area contributed by atoms with Crippen LogP contribution in [0, 0.1) is 5.92 Å². The molecule has 2 rings (SSSR count). The van der Waals surface area contributed by atoms with Crippen LogP contribution in [0.5, 0.6) is 0 Å². The first-order valence-electron chi connectivity index (χ1n) is 7.47. The molecular formula is C16H22N2O3. The molecule has 1 saturated carbocycles. The molecule has 1 aromatic rings. The summed E-state index contributed by atoms with van der Waals surface area (Å²) in [5.74, 6) is -0.972. The van der Waals surface area contributed by atoms with Crippen LogP contribution in [0.15, 0.2) is 24.3 Å². The van der Waals surface area contributed by atoms with E-state index in [9.17, 15) is 9.59 Å². The fraction of sp³-hybridized carbons (Fsp3) is 0.500. The highest BCUT2D eigenvalue weighted by Crippen LogP contribution is 2.27. The first-order valence-corrected chi connectivity index (χ1v) is 7.47. The van der Waals surface area contributed by atoms with Crippen LogP contribution < -0.4 is 10.6 Å². The van der Waals surface area contributed by atoms with Crippen molar-refractivity contribution < 1.29 is 14.7 Å². The third-order valence-electron chi connectivity index (χ3n) is 3.86. The smallest absolute Gasteiger partial charge is 0.306 e. The summed E-state index contributed by atoms with van der Waals surface area (Å²) in [6.45, 7) is 1.81. The molecule has 2 unspecified atom stereocenters. The number of anilines is 2. The van der Waals surface area contributed by atoms with E-state index in [1.165, 1.54) is 0 Å². The molecule has 1 aromatic carbocycles. The van der Waals surface area contributed by atoms with E-state index < -0.39 is 5.97 Å². The van der Waals surface area contributed by atoms with Crippen molar-refractivity contribution in [3.05, 3.63) is 24.3 Å². The van der Waals surface area contributed by atoms with Crippen LogP contribution in [0.1, 0.15) is 39.0 Å². The second kappa shape index (κ2) is 7.11. The molecule has 0 saturated heterocycles. The van der Waals surface area contributed by atoms with E-state index in [0.717, 1.165) is 30.6 Å². The largest absolute Gasteiger partial charge is 0.481 e. The van der Waals surface area contributed by atoms with Gasteiger partial charge >= 0.3 is 5.97 Å². The third kappa shape index (κ3) is 4.48. The lowest BCUT2D eigenvalue weighted by atomic mass is 9.85. The maximum Gasteiger partial charge on any atom is 0.306 e. The number of rotatable bonds is 5. The molecule has 1 amide bonds. The Morgan fingerprint density at radius 1 is 1.29 bits per heavy atom. The monoisotopic (exact) mass is 290 g/mol. The van der Waals surface area contributed by atoms with Gasteiger partial charge in [-0.05, 0) is 37.5 Å². The number of hydrogen-bond donors (Lipinski definition) is 3. The number of nitrogens with one attached hydrogen (secondary N) is 2. The molecule has 0 bridgehead atoms. The predicted molar refractivity (Wildman–Crippen MR) is 82.4 cm³/mol. The zero-order valence-electron chi connectivity index (χ0n) is 12.3. The SMILES string of the molecule is CCC(=O)Nc1cccc(NC2CCCC(C(=O)O)C2)c1. The first-order chi connectivity index (χ1) is 10.1. The van der Waals surface area contributed by atoms with Crippen molar-refractivity contribution in [3.8, 4) is 0 Å². The standard InChI is InChI=1S/C16H22N2O3/c1-2-15(19)18-14-8-4-7-13(10-14)17-12-6-3-5-11(9-12)16(20)21/h4,7-8,10-12,17H,2-3,5-6,9H2,1H3,(H,18,19)(H,20,21). The maximum absolute atomic E-state index is 11.4. The summed E-state index contributed by atoms with van der Waals surface area (Å²) in [7, 11) is 0. The van der Waals surface area contributed by atoms with Gasteiger partial charge in [-0.3, -0.25) is 9.59 Å². The maximum atomic E-state index is 11.4. The number of aliphatic carboxylic acids is 1. The van der Waals surface area contributed by atoms with Crippen LogP contribution in [0.2, 0.25) is 0 Å². The number of benzene rings is 1. The Kier molecular flexibility index (Phi) is 5.20. The third-order valence-corrected chi connectivity index (χ3v) is 3.86. The summed E-state index contributed by atoms with van der Waals surface area (Å²) < 4.78 is 0. The van der Waals surface area contributed by atoms with Crippen LogP contribution >= 0.6 is 0 Å². The molecule has 2 atom stereocenters. The number of amides is 1. The Bertz CT molecular complexity index is 516. The Labute approximate surface area is 124 Å². The van der Waals surface area contributed by atoms with E-state index >= 15 is 0 Å². The summed E-state index contributed by atoms with van der Waals surface area (Å²) in [6, 6.07) is 7.73. The molecule has 3 N–H and O–H groups in total. The van der Waals surface area contributed by atoms with Gasteiger partial charge in [0.05, 0.1) is 5.92 Å². The predicted octanol–water partition coefficient (Wildman–Crippen LogP) is 3.09. The van der Waals surface area contributed by atoms with Crippen molar-refractivity contribution in [1.29, 1.82) is 0 Å². The van der Waals surface area contributed by atoms with Gasteiger partial charge in [0.1, 0.15) is 0 Å². The second-order valence-corrected chi connectivity index (χ2v) is 5.53. The molecule has 0 spiro atoms. The molecule has 0 aromatic heterocycles. The molecule has 1 fully saturated rings. The topological polar surface area (TPSA) is 78.4 Å². The van der Waals surface area contributed by atoms with Crippen LogP contribution in [0.3, 0.4) is 0 Å². The average molecular weight is 290 g/mol. The van der Waals surface area contributed by atoms with Crippen molar-refractivity contribution in [3.63, 3.8) is 0 Å². The van der Waals surface area contributed by atoms with Crippen molar-refractivity contribution in [2.45, 2.75) is 45.1 Å². The van der Waals surface area contributed by atoms with Crippen molar-refractivity contribution in [2.75, 3.05) is 10.6 Å². The summed E-state index contributed by atoms with van der Waals surface area (Å²) in [6.07, 6.45) is 3.78. The summed E-state index contributed by atoms with van der Waals surface area (Å²) in [4.78, 5) is 22.5. The van der Waals surface area contributed by atoms with Gasteiger partial charge in [0.15, 0.2) is 0 Å². The Morgan fingerprint density at radius 2 is 2.05 bits per heavy atom. The van der Waals surface area contributed by atoms with E-state index in [-0.39, 0.29) is 17.9 Å². The van der Waals surface area contributed by atoms with E-state index in [1.807, 2.05) is 31.2 Å². The number of carbonyl (C=O) groups is 2. The van der Waals surface area contributed by atoms with Crippen LogP contribution in [-0.4, -0.2) is 23.0 Å². The van der Waals surface area contributed by atoms with Gasteiger partial charge in [0.25, 0.3) is 0 Å². The van der Waals surface area contributed by atoms with Gasteiger partial charge < -0.3 is 15.7 Å². The average Bonchev–Trinajstić information content (AvgIpc) is 2.47. The quantitative estimate of drug-likeness (QED) is 0.778. The summed E-state index contributed by atoms with van der Waals surface area (Å²) in [5.41, 5.74) is 1.68. The molecule has 0 radical (unpaired) electrons. The van der Waals surface area contributed by atoms with Crippen molar-refractivity contribution in [1.82, 2.24) is 0 Å². The van der Waals surface area contributed by atoms with E-state index in [4.69, 9.17) is 5.11 Å². The zero-order chi connectivity index (χ0) is 15.2. The van der Waals surface area contributed by atoms with Gasteiger partial charge in [-0.15, -0.1) is 0 Å². The fourth-order valence-electron chi connectivity index (χ4n) is 2.72. The van der Waals surface area contributed by atoms with Crippen molar-refractivity contribution >= 4 is 23.3 Å². The van der Waals surface area contributed by atoms with Gasteiger partial charge in [-0.2, -0.15) is 0 Å². The second-order valence-electron chi connectivity index (χ2n) is 5.53. The lowest BCUT2D eigenvalue weighted by Gasteiger charge is -2.28. The van der Waals surface area contributed by atoms with Crippen LogP contribution in [0.4, 0.5) is 11.4 Å². The highest BCUT2D eigenvalue weighted by molar-refractivity contribution is 5.90. The molecule has 5 nitrogen and oxygen atoms in total. The van der Waals surface area contributed by atoms with Crippen LogP contribution in [0.25, 0.3) is 0 Å². The van der Waals surface area contributed by atoms with Crippen LogP contribution in [-0.2, 0) is 9.59 Å². The lowest BCUT2D eigenvalue weighted by molar-refractivity contribution is -0.142. The molecule has 114 valence electrons. The number of carboxylic acid groups (broad SMARTS) is 1. The van der Waals surface area contributed by atoms with E-state index in [1.54, 1.807) is 0 Å². The minimum Gasteiger partial charge on any atom is -0.481 e. The van der Waals surface area contributed by atoms with Gasteiger partial charge in [0.2, 0.25) is 5.91 Å². The molecule has 21 heavy (non-hydrogen) atoms. The van der Waals surface area contributed by atoms with Crippen molar-refractivity contribution in [2.24, 2.45) is 5.92 Å². The summed E-state index contributed by atoms with van der Waals surface area (Å²) >= 11 is 0. The molecule has 0 aliphatic heterocycles. The molecule has 1 aliphatic carbocycles. The number of carboxylic acids is 1. The molecule has 5 heteroatoms. The van der Waals surface area contributed by atoms with Gasteiger partial charge in [0, 0.05) is 23.8 Å². The number of hydrogen-bond acceptors (Lipinski definition) is 3. The fourth-order valence-corrected chi connectivity index (χ4v) is 2.72. The first kappa shape index (κ1) is 15.4. The Hall–Kier alpha value is -2.04. The van der Waals surface area contributed by atoms with Gasteiger partial charge in [-0.1, -0.05) is 19.4 Å². The summed E-state index contributed by atoms with van der Waals surface area (Å²) in [5, 5.41) is 15.3. The highest BCUT2D eigenvalue weighted by Gasteiger charge is 2.26.